The third-order valence-corrected chi connectivity index (χ3v) is 13.7. The van der Waals surface area contributed by atoms with E-state index in [1.54, 1.807) is 17.8 Å². The highest BCUT2D eigenvalue weighted by atomic mass is 35.5. The average Bonchev–Trinajstić information content (AvgIpc) is 3.67. The SMILES string of the molecule is O=[N+]([O-])c1cc(S(=O)(=O)Nc2noc3cc(N4CCN(Cc5ccccc5-c5ccc(Cl)cc5)CC4)ccc23)ccc1N[C@H](CCN1CCOCC1)CSc1ccccc1. The van der Waals surface area contributed by atoms with Crippen molar-refractivity contribution < 1.29 is 22.6 Å². The zero-order chi connectivity index (χ0) is 41.5. The molecule has 0 radical (unpaired) electrons. The van der Waals surface area contributed by atoms with Gasteiger partial charge in [-0.3, -0.25) is 24.6 Å². The van der Waals surface area contributed by atoms with E-state index in [0.717, 1.165) is 81.0 Å². The number of sulfonamides is 1. The van der Waals surface area contributed by atoms with Crippen molar-refractivity contribution in [1.82, 2.24) is 15.0 Å². The minimum atomic E-state index is -4.28. The maximum Gasteiger partial charge on any atom is 0.293 e. The van der Waals surface area contributed by atoms with Gasteiger partial charge in [0, 0.05) is 91.9 Å². The van der Waals surface area contributed by atoms with Crippen molar-refractivity contribution in [3.8, 4) is 11.1 Å². The molecule has 0 spiro atoms. The first-order chi connectivity index (χ1) is 29.2. The number of benzene rings is 5. The molecule has 2 saturated heterocycles. The van der Waals surface area contributed by atoms with Crippen LogP contribution in [0.2, 0.25) is 5.02 Å². The molecule has 13 nitrogen and oxygen atoms in total. The summed E-state index contributed by atoms with van der Waals surface area (Å²) in [5.74, 6) is 0.664. The van der Waals surface area contributed by atoms with E-state index in [0.29, 0.717) is 35.0 Å². The van der Waals surface area contributed by atoms with Gasteiger partial charge in [0.1, 0.15) is 5.69 Å². The number of piperazine rings is 1. The number of hydrogen-bond donors (Lipinski definition) is 2. The molecule has 0 saturated carbocycles. The second-order valence-electron chi connectivity index (χ2n) is 14.9. The molecule has 2 fully saturated rings. The molecule has 312 valence electrons. The third-order valence-electron chi connectivity index (χ3n) is 10.9. The predicted molar refractivity (Wildman–Crippen MR) is 239 cm³/mol. The Bertz CT molecular complexity index is 2510. The summed E-state index contributed by atoms with van der Waals surface area (Å²) in [6.45, 7) is 7.96. The second kappa shape index (κ2) is 19.0. The molecule has 0 aliphatic carbocycles. The number of nitro groups is 1. The highest BCUT2D eigenvalue weighted by molar-refractivity contribution is 7.99. The van der Waals surface area contributed by atoms with Crippen LogP contribution in [0.15, 0.2) is 130 Å². The maximum absolute atomic E-state index is 13.7. The number of nitrogens with zero attached hydrogens (tertiary/aromatic N) is 5. The van der Waals surface area contributed by atoms with Crippen LogP contribution in [0.5, 0.6) is 0 Å². The van der Waals surface area contributed by atoms with Crippen molar-refractivity contribution in [2.24, 2.45) is 0 Å². The van der Waals surface area contributed by atoms with Crippen LogP contribution in [0.25, 0.3) is 22.1 Å². The lowest BCUT2D eigenvalue weighted by Crippen LogP contribution is -2.46. The summed E-state index contributed by atoms with van der Waals surface area (Å²) in [6, 6.07) is 35.7. The molecule has 0 amide bonds. The molecule has 3 heterocycles. The summed E-state index contributed by atoms with van der Waals surface area (Å²) in [7, 11) is -4.28. The van der Waals surface area contributed by atoms with Gasteiger partial charge in [0.05, 0.1) is 28.4 Å². The summed E-state index contributed by atoms with van der Waals surface area (Å²) >= 11 is 7.80. The molecule has 5 aromatic carbocycles. The molecule has 2 aliphatic rings. The highest BCUT2D eigenvalue weighted by Crippen LogP contribution is 2.34. The lowest BCUT2D eigenvalue weighted by atomic mass is 9.99. The van der Waals surface area contributed by atoms with E-state index in [9.17, 15) is 18.5 Å². The molecule has 0 unspecified atom stereocenters. The second-order valence-corrected chi connectivity index (χ2v) is 18.1. The molecule has 6 aromatic rings. The summed E-state index contributed by atoms with van der Waals surface area (Å²) in [5.41, 5.74) is 4.87. The number of nitrogens with one attached hydrogen (secondary N) is 2. The third kappa shape index (κ3) is 10.2. The lowest BCUT2D eigenvalue weighted by Gasteiger charge is -2.36. The van der Waals surface area contributed by atoms with Gasteiger partial charge in [0.15, 0.2) is 11.4 Å². The summed E-state index contributed by atoms with van der Waals surface area (Å²) in [5, 5.41) is 21.0. The fourth-order valence-corrected chi connectivity index (χ4v) is 9.76. The molecular weight excluding hydrogens is 822 g/mol. The predicted octanol–water partition coefficient (Wildman–Crippen LogP) is 8.47. The van der Waals surface area contributed by atoms with E-state index in [1.807, 2.05) is 54.6 Å². The zero-order valence-corrected chi connectivity index (χ0v) is 35.3. The van der Waals surface area contributed by atoms with Crippen molar-refractivity contribution >= 4 is 67.2 Å². The van der Waals surface area contributed by atoms with E-state index in [2.05, 4.69) is 66.3 Å². The first kappa shape index (κ1) is 41.6. The Morgan fingerprint density at radius 2 is 1.60 bits per heavy atom. The van der Waals surface area contributed by atoms with Crippen LogP contribution < -0.4 is 14.9 Å². The smallest absolute Gasteiger partial charge is 0.293 e. The number of anilines is 3. The summed E-state index contributed by atoms with van der Waals surface area (Å²) < 4.78 is 41.0. The van der Waals surface area contributed by atoms with Crippen molar-refractivity contribution in [2.75, 3.05) is 79.7 Å². The molecule has 1 aromatic heterocycles. The van der Waals surface area contributed by atoms with Gasteiger partial charge in [0.25, 0.3) is 15.7 Å². The Kier molecular flexibility index (Phi) is 13.2. The highest BCUT2D eigenvalue weighted by Gasteiger charge is 2.26. The van der Waals surface area contributed by atoms with Crippen molar-refractivity contribution in [3.63, 3.8) is 0 Å². The Morgan fingerprint density at radius 3 is 2.37 bits per heavy atom. The van der Waals surface area contributed by atoms with Crippen LogP contribution in [-0.4, -0.2) is 99.1 Å². The lowest BCUT2D eigenvalue weighted by molar-refractivity contribution is -0.384. The Morgan fingerprint density at radius 1 is 0.850 bits per heavy atom. The number of thioether (sulfide) groups is 1. The number of aromatic nitrogens is 1. The molecule has 2 N–H and O–H groups in total. The van der Waals surface area contributed by atoms with Crippen molar-refractivity contribution in [3.05, 3.63) is 136 Å². The van der Waals surface area contributed by atoms with Crippen LogP contribution in [0, 0.1) is 10.1 Å². The van der Waals surface area contributed by atoms with Crippen LogP contribution >= 0.6 is 23.4 Å². The first-order valence-corrected chi connectivity index (χ1v) is 22.8. The fraction of sp³-hybridized carbons (Fsp3) is 0.295. The normalized spacial score (nSPS) is 15.8. The van der Waals surface area contributed by atoms with E-state index < -0.39 is 14.9 Å². The number of halogens is 1. The number of hydrogen-bond acceptors (Lipinski definition) is 12. The molecule has 60 heavy (non-hydrogen) atoms. The minimum absolute atomic E-state index is 0.00619. The van der Waals surface area contributed by atoms with Gasteiger partial charge in [-0.1, -0.05) is 71.4 Å². The average molecular weight is 868 g/mol. The van der Waals surface area contributed by atoms with Crippen LogP contribution in [0.4, 0.5) is 22.9 Å². The van der Waals surface area contributed by atoms with Crippen LogP contribution in [-0.2, 0) is 21.3 Å². The number of rotatable bonds is 16. The Labute approximate surface area is 358 Å². The number of fused-ring (bicyclic) bond motifs is 1. The van der Waals surface area contributed by atoms with E-state index >= 15 is 0 Å². The quantitative estimate of drug-likeness (QED) is 0.0547. The molecular formula is C44H46ClN7O6S2. The van der Waals surface area contributed by atoms with E-state index in [4.69, 9.17) is 20.9 Å². The molecule has 0 bridgehead atoms. The van der Waals surface area contributed by atoms with E-state index in [-0.39, 0.29) is 28.1 Å². The summed E-state index contributed by atoms with van der Waals surface area (Å²) in [4.78, 5) is 19.7. The van der Waals surface area contributed by atoms with Gasteiger partial charge in [-0.05, 0) is 71.6 Å². The number of ether oxygens (including phenoxy) is 1. The van der Waals surface area contributed by atoms with Crippen molar-refractivity contribution in [2.45, 2.75) is 28.8 Å². The largest absolute Gasteiger partial charge is 0.379 e. The van der Waals surface area contributed by atoms with Crippen molar-refractivity contribution in [1.29, 1.82) is 0 Å². The monoisotopic (exact) mass is 867 g/mol. The molecule has 2 aliphatic heterocycles. The molecule has 8 rings (SSSR count). The first-order valence-electron chi connectivity index (χ1n) is 19.9. The van der Waals surface area contributed by atoms with Gasteiger partial charge in [-0.2, -0.15) is 0 Å². The molecule has 1 atom stereocenters. The Hall–Kier alpha value is -5.16. The number of morpholine rings is 1. The zero-order valence-electron chi connectivity index (χ0n) is 32.9. The fourth-order valence-electron chi connectivity index (χ4n) is 7.60. The molecule has 16 heteroatoms. The number of nitro benzene ring substituents is 1. The van der Waals surface area contributed by atoms with Gasteiger partial charge in [-0.15, -0.1) is 11.8 Å². The topological polar surface area (TPSA) is 146 Å². The standard InChI is InChI=1S/C44H46ClN7O6S2/c45-34-12-10-32(11-13-34)39-9-5-4-6-33(39)30-50-20-22-51(23-21-50)36-14-16-40-43(28-36)58-47-44(40)48-60(55,56)38-15-17-41(42(29-38)52(53)54)46-35(18-19-49-24-26-57-27-25-49)31-59-37-7-2-1-3-8-37/h1-17,28-29,35,46H,18-27,30-31H2,(H,47,48)/t35-/m1/s1. The van der Waals surface area contributed by atoms with Gasteiger partial charge in [-0.25, -0.2) is 8.42 Å². The van der Waals surface area contributed by atoms with Crippen LogP contribution in [0.1, 0.15) is 12.0 Å². The van der Waals surface area contributed by atoms with Crippen LogP contribution in [0.3, 0.4) is 0 Å². The van der Waals surface area contributed by atoms with Gasteiger partial charge >= 0.3 is 0 Å². The maximum atomic E-state index is 13.7. The Balaban J connectivity index is 0.917. The minimum Gasteiger partial charge on any atom is -0.379 e. The van der Waals surface area contributed by atoms with Gasteiger partial charge < -0.3 is 19.5 Å². The van der Waals surface area contributed by atoms with E-state index in [1.165, 1.54) is 23.3 Å². The van der Waals surface area contributed by atoms with Gasteiger partial charge in [0.2, 0.25) is 0 Å². The summed E-state index contributed by atoms with van der Waals surface area (Å²) in [6.07, 6.45) is 0.733.